The number of rotatable bonds is 5. The van der Waals surface area contributed by atoms with Crippen molar-refractivity contribution in [3.05, 3.63) is 20.3 Å². The predicted octanol–water partition coefficient (Wildman–Crippen LogP) is 2.84. The van der Waals surface area contributed by atoms with Crippen LogP contribution >= 0.6 is 34.5 Å². The van der Waals surface area contributed by atoms with Crippen LogP contribution in [0.2, 0.25) is 8.67 Å². The van der Waals surface area contributed by atoms with E-state index in [1.807, 2.05) is 13.0 Å². The Morgan fingerprint density at radius 1 is 1.56 bits per heavy atom. The summed E-state index contributed by atoms with van der Waals surface area (Å²) in [6.07, 6.45) is 0.455. The molecule has 0 aliphatic carbocycles. The van der Waals surface area contributed by atoms with E-state index in [1.54, 1.807) is 7.05 Å². The van der Waals surface area contributed by atoms with Crippen molar-refractivity contribution in [2.75, 3.05) is 13.6 Å². The molecule has 0 radical (unpaired) electrons. The molecule has 0 fully saturated rings. The zero-order valence-corrected chi connectivity index (χ0v) is 11.5. The molecule has 1 aromatic heterocycles. The van der Waals surface area contributed by atoms with Crippen molar-refractivity contribution in [2.45, 2.75) is 19.4 Å². The van der Waals surface area contributed by atoms with E-state index < -0.39 is 0 Å². The highest BCUT2D eigenvalue weighted by Gasteiger charge is 2.12. The van der Waals surface area contributed by atoms with E-state index in [1.165, 1.54) is 11.3 Å². The molecule has 2 N–H and O–H groups in total. The fraction of sp³-hybridized carbons (Fsp3) is 0.500. The minimum absolute atomic E-state index is 0.0224. The first-order valence-electron chi connectivity index (χ1n) is 4.93. The zero-order chi connectivity index (χ0) is 12.1. The summed E-state index contributed by atoms with van der Waals surface area (Å²) in [5.41, 5.74) is 0.980. The van der Waals surface area contributed by atoms with Gasteiger partial charge in [0.2, 0.25) is 5.91 Å². The molecule has 3 nitrogen and oxygen atoms in total. The number of amides is 1. The van der Waals surface area contributed by atoms with Gasteiger partial charge in [0.25, 0.3) is 0 Å². The largest absolute Gasteiger partial charge is 0.359 e. The second kappa shape index (κ2) is 6.45. The van der Waals surface area contributed by atoms with Gasteiger partial charge in [-0.3, -0.25) is 4.79 Å². The lowest BCUT2D eigenvalue weighted by Gasteiger charge is -2.12. The Morgan fingerprint density at radius 2 is 2.25 bits per heavy atom. The molecule has 0 saturated carbocycles. The molecule has 16 heavy (non-hydrogen) atoms. The van der Waals surface area contributed by atoms with Gasteiger partial charge in [-0.25, -0.2) is 0 Å². The Morgan fingerprint density at radius 3 is 2.75 bits per heavy atom. The number of nitrogens with one attached hydrogen (secondary N) is 2. The van der Waals surface area contributed by atoms with Crippen LogP contribution in [0, 0.1) is 0 Å². The number of thiophene rings is 1. The van der Waals surface area contributed by atoms with Gasteiger partial charge in [-0.15, -0.1) is 11.3 Å². The minimum atomic E-state index is 0.0224. The molecule has 0 aliphatic rings. The molecule has 1 aromatic rings. The lowest BCUT2D eigenvalue weighted by atomic mass is 10.2. The first kappa shape index (κ1) is 13.8. The van der Waals surface area contributed by atoms with Crippen LogP contribution in [0.1, 0.15) is 24.9 Å². The maximum absolute atomic E-state index is 11.0. The molecule has 0 spiro atoms. The number of hydrogen-bond donors (Lipinski definition) is 2. The van der Waals surface area contributed by atoms with E-state index in [0.717, 1.165) is 5.56 Å². The highest BCUT2D eigenvalue weighted by Crippen LogP contribution is 2.34. The smallest absolute Gasteiger partial charge is 0.221 e. The minimum Gasteiger partial charge on any atom is -0.359 e. The van der Waals surface area contributed by atoms with Gasteiger partial charge < -0.3 is 10.6 Å². The van der Waals surface area contributed by atoms with Crippen LogP contribution in [0.4, 0.5) is 0 Å². The number of hydrogen-bond acceptors (Lipinski definition) is 3. The molecule has 1 rings (SSSR count). The summed E-state index contributed by atoms with van der Waals surface area (Å²) in [5, 5.41) is 5.79. The molecule has 1 amide bonds. The third kappa shape index (κ3) is 3.94. The van der Waals surface area contributed by atoms with E-state index in [9.17, 15) is 4.79 Å². The van der Waals surface area contributed by atoms with E-state index in [2.05, 4.69) is 10.6 Å². The van der Waals surface area contributed by atoms with Gasteiger partial charge in [-0.2, -0.15) is 0 Å². The van der Waals surface area contributed by atoms with Crippen LogP contribution in [0.3, 0.4) is 0 Å². The molecule has 1 atom stereocenters. The molecular weight excluding hydrogens is 267 g/mol. The summed E-state index contributed by atoms with van der Waals surface area (Å²) in [6.45, 7) is 2.61. The van der Waals surface area contributed by atoms with Crippen molar-refractivity contribution >= 4 is 40.4 Å². The highest BCUT2D eigenvalue weighted by atomic mass is 35.5. The summed E-state index contributed by atoms with van der Waals surface area (Å²) in [4.78, 5) is 11.0. The van der Waals surface area contributed by atoms with Crippen molar-refractivity contribution in [1.29, 1.82) is 0 Å². The first-order chi connectivity index (χ1) is 7.54. The predicted molar refractivity (Wildman–Crippen MR) is 69.4 cm³/mol. The van der Waals surface area contributed by atoms with Crippen LogP contribution < -0.4 is 10.6 Å². The highest BCUT2D eigenvalue weighted by molar-refractivity contribution is 7.20. The van der Waals surface area contributed by atoms with Crippen molar-refractivity contribution < 1.29 is 4.79 Å². The fourth-order valence-corrected chi connectivity index (χ4v) is 2.93. The van der Waals surface area contributed by atoms with Crippen LogP contribution in [0.15, 0.2) is 6.07 Å². The third-order valence-corrected chi connectivity index (χ3v) is 3.75. The van der Waals surface area contributed by atoms with E-state index in [-0.39, 0.29) is 11.9 Å². The second-order valence-corrected chi connectivity index (χ2v) is 5.66. The fourth-order valence-electron chi connectivity index (χ4n) is 1.29. The molecule has 1 unspecified atom stereocenters. The Kier molecular flexibility index (Phi) is 5.55. The van der Waals surface area contributed by atoms with Crippen molar-refractivity contribution in [3.8, 4) is 0 Å². The molecular formula is C10H14Cl2N2OS. The van der Waals surface area contributed by atoms with Gasteiger partial charge in [0.1, 0.15) is 0 Å². The molecule has 0 bridgehead atoms. The van der Waals surface area contributed by atoms with E-state index in [4.69, 9.17) is 23.2 Å². The summed E-state index contributed by atoms with van der Waals surface area (Å²) >= 11 is 13.2. The third-order valence-electron chi connectivity index (χ3n) is 2.23. The van der Waals surface area contributed by atoms with Crippen molar-refractivity contribution in [3.63, 3.8) is 0 Å². The Hall–Kier alpha value is -0.290. The molecule has 0 aromatic carbocycles. The van der Waals surface area contributed by atoms with Gasteiger partial charge >= 0.3 is 0 Å². The van der Waals surface area contributed by atoms with Gasteiger partial charge in [-0.1, -0.05) is 23.2 Å². The molecule has 90 valence electrons. The normalized spacial score (nSPS) is 12.5. The Bertz CT molecular complexity index is 368. The van der Waals surface area contributed by atoms with Gasteiger partial charge in [0.15, 0.2) is 0 Å². The van der Waals surface area contributed by atoms with Gasteiger partial charge in [-0.05, 0) is 18.6 Å². The number of halogens is 2. The second-order valence-electron chi connectivity index (χ2n) is 3.38. The van der Waals surface area contributed by atoms with E-state index in [0.29, 0.717) is 21.6 Å². The molecule has 1 heterocycles. The average Bonchev–Trinajstić information content (AvgIpc) is 2.57. The summed E-state index contributed by atoms with van der Waals surface area (Å²) in [6, 6.07) is 1.95. The van der Waals surface area contributed by atoms with Crippen LogP contribution in [0.25, 0.3) is 0 Å². The number of carbonyl (C=O) groups excluding carboxylic acids is 1. The Labute approximate surface area is 109 Å². The molecule has 0 saturated heterocycles. The average molecular weight is 281 g/mol. The quantitative estimate of drug-likeness (QED) is 0.871. The summed E-state index contributed by atoms with van der Waals surface area (Å²) < 4.78 is 1.38. The molecule has 6 heteroatoms. The Balaban J connectivity index is 2.43. The van der Waals surface area contributed by atoms with Crippen LogP contribution in [-0.2, 0) is 4.79 Å². The first-order valence-corrected chi connectivity index (χ1v) is 6.50. The summed E-state index contributed by atoms with van der Waals surface area (Å²) in [7, 11) is 1.63. The lowest BCUT2D eigenvalue weighted by molar-refractivity contribution is -0.120. The maximum Gasteiger partial charge on any atom is 0.221 e. The maximum atomic E-state index is 11.0. The lowest BCUT2D eigenvalue weighted by Crippen LogP contribution is -2.26. The van der Waals surface area contributed by atoms with Gasteiger partial charge in [0.05, 0.1) is 8.67 Å². The SMILES string of the molecule is CNC(=O)CCNC(C)c1cc(Cl)sc1Cl. The van der Waals surface area contributed by atoms with Crippen LogP contribution in [0.5, 0.6) is 0 Å². The van der Waals surface area contributed by atoms with E-state index >= 15 is 0 Å². The van der Waals surface area contributed by atoms with Crippen molar-refractivity contribution in [1.82, 2.24) is 10.6 Å². The topological polar surface area (TPSA) is 41.1 Å². The number of carbonyl (C=O) groups is 1. The zero-order valence-electron chi connectivity index (χ0n) is 9.14. The summed E-state index contributed by atoms with van der Waals surface area (Å²) in [5.74, 6) is 0.0224. The van der Waals surface area contributed by atoms with Crippen LogP contribution in [-0.4, -0.2) is 19.5 Å². The monoisotopic (exact) mass is 280 g/mol. The standard InChI is InChI=1S/C10H14Cl2N2OS/c1-6(14-4-3-9(15)13-2)7-5-8(11)16-10(7)12/h5-6,14H,3-4H2,1-2H3,(H,13,15). The van der Waals surface area contributed by atoms with Gasteiger partial charge in [0, 0.05) is 26.1 Å². The molecule has 0 aliphatic heterocycles. The van der Waals surface area contributed by atoms with Crippen molar-refractivity contribution in [2.24, 2.45) is 0 Å².